The van der Waals surface area contributed by atoms with Crippen molar-refractivity contribution >= 4 is 0 Å². The van der Waals surface area contributed by atoms with Gasteiger partial charge in [0.05, 0.1) is 31.3 Å². The van der Waals surface area contributed by atoms with Crippen LogP contribution >= 0.6 is 0 Å². The van der Waals surface area contributed by atoms with E-state index in [1.165, 1.54) is 0 Å². The van der Waals surface area contributed by atoms with Gasteiger partial charge in [-0.1, -0.05) is 6.92 Å². The first kappa shape index (κ1) is 13.7. The molecular weight excluding hydrogens is 242 g/mol. The second-order valence-corrected chi connectivity index (χ2v) is 4.55. The van der Waals surface area contributed by atoms with Gasteiger partial charge >= 0.3 is 0 Å². The molecule has 0 saturated carbocycles. The van der Waals surface area contributed by atoms with Crippen LogP contribution in [-0.4, -0.2) is 16.9 Å². The topological polar surface area (TPSA) is 66.2 Å². The van der Waals surface area contributed by atoms with Crippen LogP contribution in [0.5, 0.6) is 5.75 Å². The molecule has 2 aromatic rings. The lowest BCUT2D eigenvalue weighted by atomic mass is 10.1. The van der Waals surface area contributed by atoms with Crippen molar-refractivity contribution in [3.8, 4) is 5.75 Å². The molecule has 0 amide bonds. The molecule has 0 aliphatic heterocycles. The van der Waals surface area contributed by atoms with Crippen molar-refractivity contribution in [1.82, 2.24) is 9.78 Å². The lowest BCUT2D eigenvalue weighted by Crippen LogP contribution is -2.18. The van der Waals surface area contributed by atoms with Crippen molar-refractivity contribution in [2.75, 3.05) is 7.11 Å². The van der Waals surface area contributed by atoms with Crippen LogP contribution in [0.1, 0.15) is 37.3 Å². The summed E-state index contributed by atoms with van der Waals surface area (Å²) >= 11 is 0. The fourth-order valence-corrected chi connectivity index (χ4v) is 2.19. The summed E-state index contributed by atoms with van der Waals surface area (Å²) < 4.78 is 12.6. The van der Waals surface area contributed by atoms with Crippen molar-refractivity contribution in [3.63, 3.8) is 0 Å². The summed E-state index contributed by atoms with van der Waals surface area (Å²) in [6, 6.07) is 3.75. The van der Waals surface area contributed by atoms with Gasteiger partial charge in [-0.25, -0.2) is 0 Å². The highest BCUT2D eigenvalue weighted by Crippen LogP contribution is 2.26. The molecule has 0 aliphatic rings. The minimum Gasteiger partial charge on any atom is -0.493 e. The normalized spacial score (nSPS) is 12.6. The Morgan fingerprint density at radius 3 is 3.00 bits per heavy atom. The molecule has 0 aromatic carbocycles. The summed E-state index contributed by atoms with van der Waals surface area (Å²) in [4.78, 5) is 0. The van der Waals surface area contributed by atoms with Gasteiger partial charge in [0.1, 0.15) is 5.76 Å². The molecule has 2 rings (SSSR count). The molecule has 104 valence electrons. The van der Waals surface area contributed by atoms with Gasteiger partial charge in [-0.3, -0.25) is 4.68 Å². The monoisotopic (exact) mass is 263 g/mol. The Morgan fingerprint density at radius 2 is 2.37 bits per heavy atom. The van der Waals surface area contributed by atoms with E-state index in [1.54, 1.807) is 19.6 Å². The number of rotatable bonds is 7. The van der Waals surface area contributed by atoms with E-state index in [9.17, 15) is 0 Å². The molecule has 2 N–H and O–H groups in total. The third-order valence-electron chi connectivity index (χ3n) is 3.13. The summed E-state index contributed by atoms with van der Waals surface area (Å²) in [5.41, 5.74) is 7.25. The van der Waals surface area contributed by atoms with Crippen molar-refractivity contribution in [3.05, 3.63) is 36.0 Å². The first-order valence-electron chi connectivity index (χ1n) is 6.64. The zero-order valence-corrected chi connectivity index (χ0v) is 11.5. The standard InChI is InChI=1S/C14H21N3O2/c1-3-8-17-14(13(18-2)10-16-17)12(15)7-6-11-5-4-9-19-11/h4-5,9-10,12H,3,6-8,15H2,1-2H3. The number of furan rings is 1. The number of hydrogen-bond acceptors (Lipinski definition) is 4. The van der Waals surface area contributed by atoms with E-state index in [-0.39, 0.29) is 6.04 Å². The van der Waals surface area contributed by atoms with Crippen LogP contribution in [0.2, 0.25) is 0 Å². The van der Waals surface area contributed by atoms with E-state index in [2.05, 4.69) is 12.0 Å². The van der Waals surface area contributed by atoms with Crippen molar-refractivity contribution < 1.29 is 9.15 Å². The van der Waals surface area contributed by atoms with E-state index in [4.69, 9.17) is 14.9 Å². The zero-order valence-electron chi connectivity index (χ0n) is 11.5. The fraction of sp³-hybridized carbons (Fsp3) is 0.500. The highest BCUT2D eigenvalue weighted by molar-refractivity contribution is 5.28. The van der Waals surface area contributed by atoms with Crippen molar-refractivity contribution in [2.24, 2.45) is 5.73 Å². The Morgan fingerprint density at radius 1 is 1.53 bits per heavy atom. The van der Waals surface area contributed by atoms with Crippen molar-refractivity contribution in [1.29, 1.82) is 0 Å². The Bertz CT molecular complexity index is 491. The Balaban J connectivity index is 2.08. The molecule has 2 aromatic heterocycles. The molecule has 19 heavy (non-hydrogen) atoms. The number of aryl methyl sites for hydroxylation is 2. The largest absolute Gasteiger partial charge is 0.493 e. The van der Waals surface area contributed by atoms with Crippen LogP contribution in [0.4, 0.5) is 0 Å². The third-order valence-corrected chi connectivity index (χ3v) is 3.13. The van der Waals surface area contributed by atoms with Crippen LogP contribution < -0.4 is 10.5 Å². The maximum atomic E-state index is 6.28. The zero-order chi connectivity index (χ0) is 13.7. The van der Waals surface area contributed by atoms with Gasteiger partial charge in [-0.2, -0.15) is 5.10 Å². The fourth-order valence-electron chi connectivity index (χ4n) is 2.19. The predicted octanol–water partition coefficient (Wildman–Crippen LogP) is 2.53. The highest BCUT2D eigenvalue weighted by atomic mass is 16.5. The number of nitrogens with two attached hydrogens (primary N) is 1. The number of methoxy groups -OCH3 is 1. The maximum Gasteiger partial charge on any atom is 0.161 e. The average Bonchev–Trinajstić information content (AvgIpc) is 3.05. The van der Waals surface area contributed by atoms with Crippen molar-refractivity contribution in [2.45, 2.75) is 38.8 Å². The molecule has 0 spiro atoms. The van der Waals surface area contributed by atoms with Crippen LogP contribution in [-0.2, 0) is 13.0 Å². The molecule has 5 nitrogen and oxygen atoms in total. The first-order chi connectivity index (χ1) is 9.26. The van der Waals surface area contributed by atoms with Crippen LogP contribution in [0.25, 0.3) is 0 Å². The van der Waals surface area contributed by atoms with E-state index in [0.29, 0.717) is 0 Å². The minimum atomic E-state index is -0.103. The second kappa shape index (κ2) is 6.43. The second-order valence-electron chi connectivity index (χ2n) is 4.55. The molecule has 2 heterocycles. The van der Waals surface area contributed by atoms with Gasteiger partial charge in [0, 0.05) is 13.0 Å². The van der Waals surface area contributed by atoms with Gasteiger partial charge in [0.2, 0.25) is 0 Å². The summed E-state index contributed by atoms with van der Waals surface area (Å²) in [5.74, 6) is 1.72. The van der Waals surface area contributed by atoms with Gasteiger partial charge in [-0.15, -0.1) is 0 Å². The van der Waals surface area contributed by atoms with Crippen LogP contribution in [0.15, 0.2) is 29.0 Å². The Hall–Kier alpha value is -1.75. The molecule has 0 saturated heterocycles. The predicted molar refractivity (Wildman–Crippen MR) is 73.0 cm³/mol. The Labute approximate surface area is 113 Å². The van der Waals surface area contributed by atoms with Crippen LogP contribution in [0.3, 0.4) is 0 Å². The van der Waals surface area contributed by atoms with Gasteiger partial charge < -0.3 is 14.9 Å². The summed E-state index contributed by atoms with van der Waals surface area (Å²) in [6.07, 6.45) is 6.05. The molecule has 0 aliphatic carbocycles. The summed E-state index contributed by atoms with van der Waals surface area (Å²) in [7, 11) is 1.65. The molecule has 1 atom stereocenters. The molecule has 0 fully saturated rings. The first-order valence-corrected chi connectivity index (χ1v) is 6.64. The van der Waals surface area contributed by atoms with Crippen LogP contribution in [0, 0.1) is 0 Å². The Kier molecular flexibility index (Phi) is 4.63. The number of ether oxygens (including phenoxy) is 1. The van der Waals surface area contributed by atoms with Gasteiger partial charge in [0.25, 0.3) is 0 Å². The van der Waals surface area contributed by atoms with E-state index < -0.39 is 0 Å². The third kappa shape index (κ3) is 3.17. The lowest BCUT2D eigenvalue weighted by molar-refractivity contribution is 0.396. The van der Waals surface area contributed by atoms with Gasteiger partial charge in [0.15, 0.2) is 5.75 Å². The molecule has 1 unspecified atom stereocenters. The number of nitrogens with zero attached hydrogens (tertiary/aromatic N) is 2. The van der Waals surface area contributed by atoms with Gasteiger partial charge in [-0.05, 0) is 25.0 Å². The van der Waals surface area contributed by atoms with E-state index in [0.717, 1.165) is 43.0 Å². The smallest absolute Gasteiger partial charge is 0.161 e. The molecule has 0 bridgehead atoms. The quantitative estimate of drug-likeness (QED) is 0.833. The molecule has 5 heteroatoms. The lowest BCUT2D eigenvalue weighted by Gasteiger charge is -2.15. The highest BCUT2D eigenvalue weighted by Gasteiger charge is 2.18. The van der Waals surface area contributed by atoms with E-state index in [1.807, 2.05) is 16.8 Å². The number of aromatic nitrogens is 2. The molecule has 0 radical (unpaired) electrons. The number of hydrogen-bond donors (Lipinski definition) is 1. The SMILES string of the molecule is CCCn1ncc(OC)c1C(N)CCc1ccco1. The summed E-state index contributed by atoms with van der Waals surface area (Å²) in [6.45, 7) is 2.97. The molecular formula is C14H21N3O2. The average molecular weight is 263 g/mol. The summed E-state index contributed by atoms with van der Waals surface area (Å²) in [5, 5.41) is 4.33. The maximum absolute atomic E-state index is 6.28. The van der Waals surface area contributed by atoms with E-state index >= 15 is 0 Å². The minimum absolute atomic E-state index is 0.103.